The third kappa shape index (κ3) is 1.86. The molecule has 5 nitrogen and oxygen atoms in total. The van der Waals surface area contributed by atoms with Crippen molar-refractivity contribution < 1.29 is 19.4 Å². The molecule has 1 N–H and O–H groups in total. The first-order valence-corrected chi connectivity index (χ1v) is 5.44. The summed E-state index contributed by atoms with van der Waals surface area (Å²) in [5, 5.41) is 8.83. The van der Waals surface area contributed by atoms with Crippen LogP contribution in [0.3, 0.4) is 0 Å². The Balaban J connectivity index is 1.82. The molecule has 1 atom stereocenters. The first-order chi connectivity index (χ1) is 7.23. The Morgan fingerprint density at radius 3 is 2.31 bits per heavy atom. The number of rotatable bonds is 1. The summed E-state index contributed by atoms with van der Waals surface area (Å²) in [5.74, 6) is -1.00. The van der Waals surface area contributed by atoms with E-state index in [1.807, 2.05) is 20.8 Å². The lowest BCUT2D eigenvalue weighted by atomic mass is 9.94. The standard InChI is InChI=1S/C11H17NO4/c1-10(2,3)16-9(15)12-5-11(6-12)4-7(11)8(13)14/h7H,4-6H2,1-3H3,(H,13,14)/t7-/m0/s1. The van der Waals surface area contributed by atoms with Crippen LogP contribution < -0.4 is 0 Å². The summed E-state index contributed by atoms with van der Waals surface area (Å²) in [6.45, 7) is 6.50. The van der Waals surface area contributed by atoms with Crippen LogP contribution in [-0.2, 0) is 9.53 Å². The average molecular weight is 227 g/mol. The first-order valence-electron chi connectivity index (χ1n) is 5.44. The van der Waals surface area contributed by atoms with Gasteiger partial charge in [0.05, 0.1) is 5.92 Å². The summed E-state index contributed by atoms with van der Waals surface area (Å²) >= 11 is 0. The summed E-state index contributed by atoms with van der Waals surface area (Å²) < 4.78 is 5.20. The summed E-state index contributed by atoms with van der Waals surface area (Å²) in [6, 6.07) is 0. The van der Waals surface area contributed by atoms with E-state index in [0.717, 1.165) is 0 Å². The summed E-state index contributed by atoms with van der Waals surface area (Å²) in [5.41, 5.74) is -0.627. The maximum Gasteiger partial charge on any atom is 0.410 e. The van der Waals surface area contributed by atoms with Gasteiger partial charge in [0.15, 0.2) is 0 Å². The molecule has 0 aromatic heterocycles. The maximum absolute atomic E-state index is 11.6. The number of amides is 1. The van der Waals surface area contributed by atoms with E-state index in [1.54, 1.807) is 4.90 Å². The van der Waals surface area contributed by atoms with Crippen molar-refractivity contribution in [1.29, 1.82) is 0 Å². The van der Waals surface area contributed by atoms with E-state index in [4.69, 9.17) is 9.84 Å². The smallest absolute Gasteiger partial charge is 0.410 e. The van der Waals surface area contributed by atoms with E-state index in [1.165, 1.54) is 0 Å². The number of hydrogen-bond donors (Lipinski definition) is 1. The average Bonchev–Trinajstić information content (AvgIpc) is 2.71. The first kappa shape index (κ1) is 11.2. The summed E-state index contributed by atoms with van der Waals surface area (Å²) in [4.78, 5) is 23.9. The Hall–Kier alpha value is -1.26. The number of carbonyl (C=O) groups excluding carboxylic acids is 1. The number of carboxylic acids is 1. The molecule has 1 saturated heterocycles. The van der Waals surface area contributed by atoms with Gasteiger partial charge in [0, 0.05) is 18.5 Å². The molecule has 0 aromatic carbocycles. The lowest BCUT2D eigenvalue weighted by molar-refractivity contribution is -0.140. The van der Waals surface area contributed by atoms with Gasteiger partial charge in [0.2, 0.25) is 0 Å². The molecule has 16 heavy (non-hydrogen) atoms. The van der Waals surface area contributed by atoms with Crippen LogP contribution >= 0.6 is 0 Å². The molecule has 0 radical (unpaired) electrons. The minimum atomic E-state index is -0.746. The van der Waals surface area contributed by atoms with E-state index < -0.39 is 11.6 Å². The monoisotopic (exact) mass is 227 g/mol. The Morgan fingerprint density at radius 2 is 1.94 bits per heavy atom. The highest BCUT2D eigenvalue weighted by Gasteiger charge is 2.66. The Bertz CT molecular complexity index is 338. The predicted molar refractivity (Wildman–Crippen MR) is 56.0 cm³/mol. The zero-order chi connectivity index (χ0) is 12.1. The van der Waals surface area contributed by atoms with E-state index in [2.05, 4.69) is 0 Å². The normalized spacial score (nSPS) is 26.2. The van der Waals surface area contributed by atoms with Gasteiger partial charge in [-0.05, 0) is 27.2 Å². The molecule has 1 spiro atoms. The van der Waals surface area contributed by atoms with Gasteiger partial charge >= 0.3 is 12.1 Å². The van der Waals surface area contributed by atoms with Crippen LogP contribution in [0, 0.1) is 11.3 Å². The number of carboxylic acid groups (broad SMARTS) is 1. The molecular weight excluding hydrogens is 210 g/mol. The largest absolute Gasteiger partial charge is 0.481 e. The molecule has 5 heteroatoms. The van der Waals surface area contributed by atoms with Gasteiger partial charge in [0.25, 0.3) is 0 Å². The molecule has 2 aliphatic rings. The van der Waals surface area contributed by atoms with Crippen LogP contribution in [0.4, 0.5) is 4.79 Å². The lowest BCUT2D eigenvalue weighted by Gasteiger charge is -2.40. The van der Waals surface area contributed by atoms with Gasteiger partial charge < -0.3 is 14.7 Å². The second-order valence-corrected chi connectivity index (χ2v) is 5.79. The molecule has 90 valence electrons. The Morgan fingerprint density at radius 1 is 1.38 bits per heavy atom. The van der Waals surface area contributed by atoms with E-state index in [9.17, 15) is 9.59 Å². The van der Waals surface area contributed by atoms with Crippen molar-refractivity contribution in [3.8, 4) is 0 Å². The molecule has 1 amide bonds. The van der Waals surface area contributed by atoms with Gasteiger partial charge in [-0.25, -0.2) is 4.79 Å². The minimum absolute atomic E-state index is 0.136. The molecule has 1 heterocycles. The molecule has 1 saturated carbocycles. The molecule has 1 aliphatic heterocycles. The van der Waals surface area contributed by atoms with E-state index in [-0.39, 0.29) is 17.4 Å². The molecule has 2 fully saturated rings. The fourth-order valence-corrected chi connectivity index (χ4v) is 2.22. The molecule has 0 aromatic rings. The molecular formula is C11H17NO4. The number of likely N-dealkylation sites (tertiary alicyclic amines) is 1. The highest BCUT2D eigenvalue weighted by Crippen LogP contribution is 2.58. The Kier molecular flexibility index (Phi) is 2.19. The van der Waals surface area contributed by atoms with Gasteiger partial charge in [-0.3, -0.25) is 4.79 Å². The number of ether oxygens (including phenoxy) is 1. The van der Waals surface area contributed by atoms with Crippen LogP contribution in [-0.4, -0.2) is 40.8 Å². The molecule has 0 unspecified atom stereocenters. The zero-order valence-corrected chi connectivity index (χ0v) is 9.82. The van der Waals surface area contributed by atoms with Gasteiger partial charge in [-0.15, -0.1) is 0 Å². The predicted octanol–water partition coefficient (Wildman–Crippen LogP) is 1.33. The zero-order valence-electron chi connectivity index (χ0n) is 9.82. The fraction of sp³-hybridized carbons (Fsp3) is 0.818. The molecule has 0 bridgehead atoms. The van der Waals surface area contributed by atoms with E-state index in [0.29, 0.717) is 19.5 Å². The quantitative estimate of drug-likeness (QED) is 0.733. The number of carbonyl (C=O) groups is 2. The topological polar surface area (TPSA) is 66.8 Å². The van der Waals surface area contributed by atoms with Gasteiger partial charge in [-0.1, -0.05) is 0 Å². The van der Waals surface area contributed by atoms with Gasteiger partial charge in [0.1, 0.15) is 5.60 Å². The maximum atomic E-state index is 11.6. The number of aliphatic carboxylic acids is 1. The van der Waals surface area contributed by atoms with Crippen LogP contribution in [0.2, 0.25) is 0 Å². The molecule has 1 aliphatic carbocycles. The van der Waals surface area contributed by atoms with Crippen molar-refractivity contribution in [2.24, 2.45) is 11.3 Å². The van der Waals surface area contributed by atoms with Crippen LogP contribution in [0.25, 0.3) is 0 Å². The van der Waals surface area contributed by atoms with Crippen LogP contribution in [0.5, 0.6) is 0 Å². The van der Waals surface area contributed by atoms with E-state index >= 15 is 0 Å². The second kappa shape index (κ2) is 3.12. The van der Waals surface area contributed by atoms with Crippen molar-refractivity contribution in [2.45, 2.75) is 32.8 Å². The SMILES string of the molecule is CC(C)(C)OC(=O)N1CC2(C[C@H]2C(=O)O)C1. The van der Waals surface area contributed by atoms with Crippen molar-refractivity contribution in [3.05, 3.63) is 0 Å². The second-order valence-electron chi connectivity index (χ2n) is 5.79. The van der Waals surface area contributed by atoms with Crippen LogP contribution in [0.1, 0.15) is 27.2 Å². The third-order valence-corrected chi connectivity index (χ3v) is 3.15. The van der Waals surface area contributed by atoms with Crippen molar-refractivity contribution in [1.82, 2.24) is 4.90 Å². The third-order valence-electron chi connectivity index (χ3n) is 3.15. The Labute approximate surface area is 94.4 Å². The summed E-state index contributed by atoms with van der Waals surface area (Å²) in [7, 11) is 0. The van der Waals surface area contributed by atoms with Crippen LogP contribution in [0.15, 0.2) is 0 Å². The summed E-state index contributed by atoms with van der Waals surface area (Å²) in [6.07, 6.45) is 0.357. The molecule has 2 rings (SSSR count). The fourth-order valence-electron chi connectivity index (χ4n) is 2.22. The van der Waals surface area contributed by atoms with Crippen molar-refractivity contribution in [2.75, 3.05) is 13.1 Å². The van der Waals surface area contributed by atoms with Crippen molar-refractivity contribution in [3.63, 3.8) is 0 Å². The lowest BCUT2D eigenvalue weighted by Crippen LogP contribution is -2.54. The number of hydrogen-bond acceptors (Lipinski definition) is 3. The minimum Gasteiger partial charge on any atom is -0.481 e. The number of nitrogens with zero attached hydrogens (tertiary/aromatic N) is 1. The van der Waals surface area contributed by atoms with Gasteiger partial charge in [-0.2, -0.15) is 0 Å². The van der Waals surface area contributed by atoms with Crippen molar-refractivity contribution >= 4 is 12.1 Å². The highest BCUT2D eigenvalue weighted by atomic mass is 16.6. The highest BCUT2D eigenvalue weighted by molar-refractivity contribution is 5.77.